The molecule has 1 unspecified atom stereocenters. The monoisotopic (exact) mass is 479 g/mol. The van der Waals surface area contributed by atoms with E-state index in [4.69, 9.17) is 0 Å². The Morgan fingerprint density at radius 3 is 2.91 bits per heavy atom. The summed E-state index contributed by atoms with van der Waals surface area (Å²) < 4.78 is 1.83. The largest absolute Gasteiger partial charge is 0.340 e. The number of nitrogens with zero attached hydrogens (tertiary/aromatic N) is 3. The molecule has 8 nitrogen and oxygen atoms in total. The van der Waals surface area contributed by atoms with Crippen molar-refractivity contribution in [1.82, 2.24) is 19.8 Å². The van der Waals surface area contributed by atoms with E-state index in [1.165, 1.54) is 10.4 Å². The molecular formula is C25H29N5O3S. The van der Waals surface area contributed by atoms with Crippen molar-refractivity contribution in [2.45, 2.75) is 51.7 Å². The van der Waals surface area contributed by atoms with Gasteiger partial charge in [0.2, 0.25) is 11.8 Å². The second-order valence-electron chi connectivity index (χ2n) is 8.37. The van der Waals surface area contributed by atoms with Gasteiger partial charge in [0.25, 0.3) is 5.91 Å². The molecule has 34 heavy (non-hydrogen) atoms. The van der Waals surface area contributed by atoms with Gasteiger partial charge in [-0.25, -0.2) is 4.98 Å². The number of rotatable bonds is 9. The molecule has 0 saturated carbocycles. The first-order valence-corrected chi connectivity index (χ1v) is 12.4. The maximum atomic E-state index is 13.2. The molecule has 2 aromatic heterocycles. The first kappa shape index (κ1) is 23.7. The van der Waals surface area contributed by atoms with Gasteiger partial charge in [-0.15, -0.1) is 11.3 Å². The maximum Gasteiger partial charge on any atom is 0.252 e. The predicted molar refractivity (Wildman–Crippen MR) is 132 cm³/mol. The third-order valence-corrected chi connectivity index (χ3v) is 6.89. The highest BCUT2D eigenvalue weighted by Gasteiger charge is 2.28. The number of benzene rings is 1. The summed E-state index contributed by atoms with van der Waals surface area (Å²) in [6.45, 7) is 3.78. The van der Waals surface area contributed by atoms with Crippen molar-refractivity contribution in [3.05, 3.63) is 70.4 Å². The van der Waals surface area contributed by atoms with Crippen LogP contribution in [0.3, 0.4) is 0 Å². The van der Waals surface area contributed by atoms with Crippen molar-refractivity contribution < 1.29 is 14.4 Å². The minimum absolute atomic E-state index is 0.0454. The van der Waals surface area contributed by atoms with E-state index in [1.807, 2.05) is 16.4 Å². The molecule has 0 radical (unpaired) electrons. The van der Waals surface area contributed by atoms with Crippen molar-refractivity contribution in [3.8, 4) is 0 Å². The Balaban J connectivity index is 1.36. The molecule has 3 aromatic rings. The number of amides is 3. The van der Waals surface area contributed by atoms with Gasteiger partial charge in [0.1, 0.15) is 6.04 Å². The molecule has 2 N–H and O–H groups in total. The van der Waals surface area contributed by atoms with E-state index in [0.29, 0.717) is 43.7 Å². The van der Waals surface area contributed by atoms with Gasteiger partial charge in [0.05, 0.1) is 6.33 Å². The summed E-state index contributed by atoms with van der Waals surface area (Å²) in [5, 5.41) is 7.82. The fourth-order valence-electron chi connectivity index (χ4n) is 4.06. The third kappa shape index (κ3) is 5.91. The van der Waals surface area contributed by atoms with Crippen molar-refractivity contribution in [2.75, 3.05) is 11.9 Å². The summed E-state index contributed by atoms with van der Waals surface area (Å²) in [5.74, 6) is -0.520. The number of anilines is 1. The first-order chi connectivity index (χ1) is 16.5. The van der Waals surface area contributed by atoms with Crippen LogP contribution < -0.4 is 10.6 Å². The smallest absolute Gasteiger partial charge is 0.252 e. The second-order valence-corrected chi connectivity index (χ2v) is 9.37. The van der Waals surface area contributed by atoms with Crippen LogP contribution in [-0.4, -0.2) is 44.8 Å². The van der Waals surface area contributed by atoms with Crippen LogP contribution in [0.4, 0.5) is 5.69 Å². The van der Waals surface area contributed by atoms with Gasteiger partial charge < -0.3 is 20.1 Å². The number of hydrogen-bond acceptors (Lipinski definition) is 5. The van der Waals surface area contributed by atoms with E-state index in [9.17, 15) is 14.4 Å². The molecule has 1 aliphatic rings. The number of hydrogen-bond donors (Lipinski definition) is 2. The van der Waals surface area contributed by atoms with E-state index in [2.05, 4.69) is 27.1 Å². The molecule has 178 valence electrons. The minimum atomic E-state index is -0.578. The predicted octanol–water partition coefficient (Wildman–Crippen LogP) is 3.46. The molecule has 3 heterocycles. The zero-order chi connectivity index (χ0) is 23.9. The Labute approximate surface area is 203 Å². The van der Waals surface area contributed by atoms with E-state index in [-0.39, 0.29) is 17.7 Å². The van der Waals surface area contributed by atoms with Crippen molar-refractivity contribution in [1.29, 1.82) is 0 Å². The fraction of sp³-hybridized carbons (Fsp3) is 0.360. The number of aryl methyl sites for hydroxylation is 1. The Hall–Kier alpha value is -3.46. The minimum Gasteiger partial charge on any atom is -0.340 e. The normalized spacial score (nSPS) is 13.7. The highest BCUT2D eigenvalue weighted by Crippen LogP contribution is 2.24. The van der Waals surface area contributed by atoms with Crippen molar-refractivity contribution in [2.24, 2.45) is 0 Å². The highest BCUT2D eigenvalue weighted by atomic mass is 32.1. The fourth-order valence-corrected chi connectivity index (χ4v) is 4.95. The number of imidazole rings is 1. The summed E-state index contributed by atoms with van der Waals surface area (Å²) in [4.78, 5) is 45.6. The van der Waals surface area contributed by atoms with Crippen LogP contribution in [-0.2, 0) is 29.1 Å². The Morgan fingerprint density at radius 1 is 1.24 bits per heavy atom. The number of nitrogens with one attached hydrogen (secondary N) is 2. The molecule has 0 aliphatic carbocycles. The van der Waals surface area contributed by atoms with Gasteiger partial charge in [0, 0.05) is 54.6 Å². The quantitative estimate of drug-likeness (QED) is 0.491. The standard InChI is InChI=1S/C25H29N5O3S/c1-2-4-21(25(33)30-12-7-22-19(16-30)9-14-34-22)28-24(32)18-5-3-6-20(15-18)27-23(31)8-11-29-13-10-26-17-29/h3,5-6,9-10,13-15,17,21H,2,4,7-8,11-12,16H2,1H3,(H,27,31)(H,28,32). The van der Waals surface area contributed by atoms with Crippen molar-refractivity contribution >= 4 is 34.7 Å². The van der Waals surface area contributed by atoms with E-state index >= 15 is 0 Å². The highest BCUT2D eigenvalue weighted by molar-refractivity contribution is 7.10. The number of carbonyl (C=O) groups is 3. The van der Waals surface area contributed by atoms with Gasteiger partial charge in [-0.2, -0.15) is 0 Å². The van der Waals surface area contributed by atoms with E-state index < -0.39 is 6.04 Å². The Bertz CT molecular complexity index is 1140. The summed E-state index contributed by atoms with van der Waals surface area (Å²) >= 11 is 1.73. The first-order valence-electron chi connectivity index (χ1n) is 11.5. The lowest BCUT2D eigenvalue weighted by Crippen LogP contribution is -2.49. The van der Waals surface area contributed by atoms with Crippen LogP contribution in [0.1, 0.15) is 47.0 Å². The average molecular weight is 480 g/mol. The third-order valence-electron chi connectivity index (χ3n) is 5.86. The summed E-state index contributed by atoms with van der Waals surface area (Å²) in [5.41, 5.74) is 2.14. The topological polar surface area (TPSA) is 96.3 Å². The maximum absolute atomic E-state index is 13.2. The number of fused-ring (bicyclic) bond motifs is 1. The van der Waals surface area contributed by atoms with Gasteiger partial charge >= 0.3 is 0 Å². The van der Waals surface area contributed by atoms with Crippen LogP contribution >= 0.6 is 11.3 Å². The molecule has 4 rings (SSSR count). The lowest BCUT2D eigenvalue weighted by molar-refractivity contribution is -0.134. The molecule has 3 amide bonds. The molecule has 0 spiro atoms. The van der Waals surface area contributed by atoms with Gasteiger partial charge in [-0.05, 0) is 48.1 Å². The lowest BCUT2D eigenvalue weighted by Gasteiger charge is -2.31. The SMILES string of the molecule is CCCC(NC(=O)c1cccc(NC(=O)CCn2ccnc2)c1)C(=O)N1CCc2sccc2C1. The van der Waals surface area contributed by atoms with Crippen LogP contribution in [0.5, 0.6) is 0 Å². The summed E-state index contributed by atoms with van der Waals surface area (Å²) in [6, 6.07) is 8.28. The summed E-state index contributed by atoms with van der Waals surface area (Å²) in [7, 11) is 0. The molecule has 1 atom stereocenters. The molecule has 9 heteroatoms. The Kier molecular flexibility index (Phi) is 7.74. The van der Waals surface area contributed by atoms with Gasteiger partial charge in [-0.3, -0.25) is 14.4 Å². The summed E-state index contributed by atoms with van der Waals surface area (Å²) in [6.07, 6.45) is 7.63. The average Bonchev–Trinajstić information content (AvgIpc) is 3.53. The second kappa shape index (κ2) is 11.1. The van der Waals surface area contributed by atoms with E-state index in [1.54, 1.807) is 54.3 Å². The Morgan fingerprint density at radius 2 is 2.12 bits per heavy atom. The molecule has 0 saturated heterocycles. The van der Waals surface area contributed by atoms with Gasteiger partial charge in [-0.1, -0.05) is 19.4 Å². The molecule has 1 aliphatic heterocycles. The lowest BCUT2D eigenvalue weighted by atomic mass is 10.1. The zero-order valence-electron chi connectivity index (χ0n) is 19.2. The van der Waals surface area contributed by atoms with Crippen LogP contribution in [0.25, 0.3) is 0 Å². The van der Waals surface area contributed by atoms with Gasteiger partial charge in [0.15, 0.2) is 0 Å². The van der Waals surface area contributed by atoms with Crippen LogP contribution in [0.2, 0.25) is 0 Å². The zero-order valence-corrected chi connectivity index (χ0v) is 20.0. The number of aromatic nitrogens is 2. The number of carbonyl (C=O) groups excluding carboxylic acids is 3. The molecule has 1 aromatic carbocycles. The van der Waals surface area contributed by atoms with E-state index in [0.717, 1.165) is 12.8 Å². The molecule has 0 fully saturated rings. The molecule has 0 bridgehead atoms. The van der Waals surface area contributed by atoms with Crippen LogP contribution in [0, 0.1) is 0 Å². The van der Waals surface area contributed by atoms with Crippen LogP contribution in [0.15, 0.2) is 54.4 Å². The number of thiophene rings is 1. The molecular weight excluding hydrogens is 450 g/mol. The van der Waals surface area contributed by atoms with Crippen molar-refractivity contribution in [3.63, 3.8) is 0 Å².